The monoisotopic (exact) mass is 241 g/mol. The Kier molecular flexibility index (Phi) is 2.33. The van der Waals surface area contributed by atoms with Crippen LogP contribution in [0.25, 0.3) is 0 Å². The van der Waals surface area contributed by atoms with E-state index in [1.165, 1.54) is 0 Å². The van der Waals surface area contributed by atoms with Crippen LogP contribution in [-0.2, 0) is 6.42 Å². The first-order valence-electron chi connectivity index (χ1n) is 5.52. The first-order chi connectivity index (χ1) is 7.70. The first-order valence-corrected chi connectivity index (χ1v) is 5.90. The van der Waals surface area contributed by atoms with E-state index in [1.54, 1.807) is 6.07 Å². The zero-order valence-corrected chi connectivity index (χ0v) is 9.56. The molecule has 16 heavy (non-hydrogen) atoms. The number of hydrogen-bond acceptors (Lipinski definition) is 2. The van der Waals surface area contributed by atoms with Gasteiger partial charge in [-0.3, -0.25) is 0 Å². The summed E-state index contributed by atoms with van der Waals surface area (Å²) in [4.78, 5) is 0. The molecule has 1 spiro atoms. The molecular weight excluding hydrogens is 229 g/mol. The van der Waals surface area contributed by atoms with Gasteiger partial charge in [0.05, 0.1) is 0 Å². The number of rotatable bonds is 0. The molecule has 0 saturated carbocycles. The molecule has 1 N–H and O–H groups in total. The van der Waals surface area contributed by atoms with E-state index in [-0.39, 0.29) is 0 Å². The highest BCUT2D eigenvalue weighted by molar-refractivity contribution is 6.30. The van der Waals surface area contributed by atoms with E-state index in [0.717, 1.165) is 17.9 Å². The molecule has 2 heterocycles. The summed E-state index contributed by atoms with van der Waals surface area (Å²) in [5.41, 5.74) is 0.371. The molecule has 0 bridgehead atoms. The molecule has 0 aliphatic carbocycles. The number of benzene rings is 1. The van der Waals surface area contributed by atoms with Crippen LogP contribution in [-0.4, -0.2) is 24.9 Å². The number of nitrogens with one attached hydrogen (secondary N) is 1. The van der Waals surface area contributed by atoms with Crippen LogP contribution in [0.3, 0.4) is 0 Å². The molecule has 2 unspecified atom stereocenters. The Labute approximate surface area is 98.7 Å². The molecule has 2 aliphatic heterocycles. The quantitative estimate of drug-likeness (QED) is 0.753. The highest BCUT2D eigenvalue weighted by Crippen LogP contribution is 2.41. The maximum Gasteiger partial charge on any atom is 0.152 e. The molecule has 0 radical (unpaired) electrons. The molecule has 86 valence electrons. The third-order valence-corrected chi connectivity index (χ3v) is 3.68. The molecule has 0 amide bonds. The van der Waals surface area contributed by atoms with E-state index < -0.39 is 11.8 Å². The van der Waals surface area contributed by atoms with Crippen molar-refractivity contribution in [3.8, 4) is 5.75 Å². The van der Waals surface area contributed by atoms with Crippen LogP contribution in [0, 0.1) is 0 Å². The maximum absolute atomic E-state index is 14.0. The number of fused-ring (bicyclic) bond motifs is 1. The smallest absolute Gasteiger partial charge is 0.152 e. The number of alkyl halides is 1. The number of ether oxygens (including phenoxy) is 1. The van der Waals surface area contributed by atoms with E-state index >= 15 is 0 Å². The van der Waals surface area contributed by atoms with Gasteiger partial charge in [0, 0.05) is 24.4 Å². The summed E-state index contributed by atoms with van der Waals surface area (Å²) >= 11 is 5.93. The normalized spacial score (nSPS) is 32.5. The van der Waals surface area contributed by atoms with Crippen molar-refractivity contribution in [2.75, 3.05) is 13.1 Å². The fraction of sp³-hybridized carbons (Fsp3) is 0.500. The van der Waals surface area contributed by atoms with Gasteiger partial charge in [-0.15, -0.1) is 0 Å². The summed E-state index contributed by atoms with van der Waals surface area (Å²) in [5.74, 6) is 0.786. The predicted octanol–water partition coefficient (Wildman–Crippen LogP) is 2.35. The zero-order valence-electron chi connectivity index (χ0n) is 8.80. The maximum atomic E-state index is 14.0. The SMILES string of the molecule is FC1CNCCC12Cc1cc(Cl)ccc1O2. The lowest BCUT2D eigenvalue weighted by molar-refractivity contribution is -0.0152. The Bertz CT molecular complexity index is 425. The van der Waals surface area contributed by atoms with Gasteiger partial charge < -0.3 is 10.1 Å². The van der Waals surface area contributed by atoms with E-state index in [9.17, 15) is 4.39 Å². The minimum absolute atomic E-state index is 0.377. The van der Waals surface area contributed by atoms with Crippen molar-refractivity contribution in [1.82, 2.24) is 5.32 Å². The summed E-state index contributed by atoms with van der Waals surface area (Å²) in [6, 6.07) is 5.50. The summed E-state index contributed by atoms with van der Waals surface area (Å²) in [5, 5.41) is 3.73. The van der Waals surface area contributed by atoms with Crippen LogP contribution in [0.2, 0.25) is 5.02 Å². The molecule has 3 rings (SSSR count). The number of piperidine rings is 1. The minimum Gasteiger partial charge on any atom is -0.483 e. The fourth-order valence-electron chi connectivity index (χ4n) is 2.55. The van der Waals surface area contributed by atoms with Gasteiger partial charge in [0.1, 0.15) is 11.4 Å². The summed E-state index contributed by atoms with van der Waals surface area (Å²) in [6.07, 6.45) is 0.388. The van der Waals surface area contributed by atoms with Crippen molar-refractivity contribution < 1.29 is 9.13 Å². The molecular formula is C12H13ClFNO. The Morgan fingerprint density at radius 3 is 3.19 bits per heavy atom. The number of hydrogen-bond donors (Lipinski definition) is 1. The van der Waals surface area contributed by atoms with Gasteiger partial charge >= 0.3 is 0 Å². The van der Waals surface area contributed by atoms with Crippen LogP contribution in [0.1, 0.15) is 12.0 Å². The van der Waals surface area contributed by atoms with Crippen LogP contribution >= 0.6 is 11.6 Å². The van der Waals surface area contributed by atoms with Crippen molar-refractivity contribution in [1.29, 1.82) is 0 Å². The Morgan fingerprint density at radius 1 is 1.50 bits per heavy atom. The molecule has 2 aliphatic rings. The lowest BCUT2D eigenvalue weighted by atomic mass is 9.86. The summed E-state index contributed by atoms with van der Waals surface area (Å²) in [7, 11) is 0. The van der Waals surface area contributed by atoms with Crippen molar-refractivity contribution >= 4 is 11.6 Å². The second-order valence-corrected chi connectivity index (χ2v) is 4.95. The lowest BCUT2D eigenvalue weighted by Gasteiger charge is -2.36. The summed E-state index contributed by atoms with van der Waals surface area (Å²) < 4.78 is 19.8. The van der Waals surface area contributed by atoms with E-state index in [0.29, 0.717) is 24.4 Å². The van der Waals surface area contributed by atoms with Crippen molar-refractivity contribution in [3.63, 3.8) is 0 Å². The minimum atomic E-state index is -0.951. The van der Waals surface area contributed by atoms with Gasteiger partial charge in [-0.25, -0.2) is 4.39 Å². The highest BCUT2D eigenvalue weighted by Gasteiger charge is 2.48. The van der Waals surface area contributed by atoms with Crippen molar-refractivity contribution in [2.45, 2.75) is 24.6 Å². The molecule has 4 heteroatoms. The van der Waals surface area contributed by atoms with Crippen molar-refractivity contribution in [2.24, 2.45) is 0 Å². The first kappa shape index (κ1) is 10.4. The third-order valence-electron chi connectivity index (χ3n) is 3.44. The van der Waals surface area contributed by atoms with E-state index in [4.69, 9.17) is 16.3 Å². The van der Waals surface area contributed by atoms with Gasteiger partial charge in [0.25, 0.3) is 0 Å². The third kappa shape index (κ3) is 1.50. The van der Waals surface area contributed by atoms with Crippen LogP contribution in [0.15, 0.2) is 18.2 Å². The van der Waals surface area contributed by atoms with Gasteiger partial charge in [-0.1, -0.05) is 11.6 Å². The second-order valence-electron chi connectivity index (χ2n) is 4.52. The summed E-state index contributed by atoms with van der Waals surface area (Å²) in [6.45, 7) is 1.18. The Hall–Kier alpha value is -0.800. The van der Waals surface area contributed by atoms with Gasteiger partial charge in [0.15, 0.2) is 6.17 Å². The molecule has 1 aromatic carbocycles. The molecule has 2 atom stereocenters. The lowest BCUT2D eigenvalue weighted by Crippen LogP contribution is -2.54. The molecule has 1 aromatic rings. The number of halogens is 2. The fourth-order valence-corrected chi connectivity index (χ4v) is 2.74. The highest BCUT2D eigenvalue weighted by atomic mass is 35.5. The molecule has 0 aromatic heterocycles. The van der Waals surface area contributed by atoms with Gasteiger partial charge in [-0.05, 0) is 30.3 Å². The molecule has 1 saturated heterocycles. The van der Waals surface area contributed by atoms with Gasteiger partial charge in [-0.2, -0.15) is 0 Å². The van der Waals surface area contributed by atoms with Crippen molar-refractivity contribution in [3.05, 3.63) is 28.8 Å². The van der Waals surface area contributed by atoms with Crippen LogP contribution < -0.4 is 10.1 Å². The standard InChI is InChI=1S/C12H13ClFNO/c13-9-1-2-10-8(5-9)6-12(16-10)3-4-15-7-11(12)14/h1-2,5,11,15H,3-4,6-7H2. The van der Waals surface area contributed by atoms with E-state index in [2.05, 4.69) is 5.32 Å². The predicted molar refractivity (Wildman–Crippen MR) is 60.9 cm³/mol. The van der Waals surface area contributed by atoms with Gasteiger partial charge in [0.2, 0.25) is 0 Å². The average molecular weight is 242 g/mol. The Balaban J connectivity index is 1.93. The molecule has 2 nitrogen and oxygen atoms in total. The van der Waals surface area contributed by atoms with Crippen LogP contribution in [0.4, 0.5) is 4.39 Å². The Morgan fingerprint density at radius 2 is 2.38 bits per heavy atom. The topological polar surface area (TPSA) is 21.3 Å². The zero-order chi connectivity index (χ0) is 11.2. The van der Waals surface area contributed by atoms with E-state index in [1.807, 2.05) is 12.1 Å². The van der Waals surface area contributed by atoms with Crippen LogP contribution in [0.5, 0.6) is 5.75 Å². The largest absolute Gasteiger partial charge is 0.483 e. The average Bonchev–Trinajstić information content (AvgIpc) is 2.61. The molecule has 1 fully saturated rings. The second kappa shape index (κ2) is 3.60.